The van der Waals surface area contributed by atoms with Crippen molar-refractivity contribution in [1.29, 1.82) is 5.26 Å². The van der Waals surface area contributed by atoms with E-state index in [2.05, 4.69) is 6.07 Å². The Morgan fingerprint density at radius 2 is 1.75 bits per heavy atom. The normalized spacial score (nSPS) is 10.4. The van der Waals surface area contributed by atoms with Crippen molar-refractivity contribution in [2.45, 2.75) is 0 Å². The van der Waals surface area contributed by atoms with Crippen LogP contribution in [0.3, 0.4) is 0 Å². The van der Waals surface area contributed by atoms with Crippen LogP contribution in [0.25, 0.3) is 22.3 Å². The third-order valence-corrected chi connectivity index (χ3v) is 3.69. The molecular formula is C16H8ClNOS. The van der Waals surface area contributed by atoms with Crippen LogP contribution in [0.2, 0.25) is 5.02 Å². The molecule has 0 amide bonds. The molecule has 0 spiro atoms. The number of halogens is 1. The lowest BCUT2D eigenvalue weighted by Gasteiger charge is -2.06. The molecule has 0 atom stereocenters. The van der Waals surface area contributed by atoms with Crippen molar-refractivity contribution in [2.24, 2.45) is 0 Å². The SMILES string of the molecule is N#Cc1c(-c2ccc(Cl)cc2)oc2ccccc2c1=S. The van der Waals surface area contributed by atoms with E-state index in [1.54, 1.807) is 12.1 Å². The molecule has 0 bridgehead atoms. The van der Waals surface area contributed by atoms with Crippen molar-refractivity contribution in [1.82, 2.24) is 0 Å². The number of nitriles is 1. The highest BCUT2D eigenvalue weighted by Crippen LogP contribution is 2.30. The molecule has 1 aromatic heterocycles. The van der Waals surface area contributed by atoms with Crippen molar-refractivity contribution in [3.8, 4) is 17.4 Å². The van der Waals surface area contributed by atoms with Gasteiger partial charge in [-0.2, -0.15) is 5.26 Å². The first-order chi connectivity index (χ1) is 9.70. The lowest BCUT2D eigenvalue weighted by atomic mass is 10.1. The van der Waals surface area contributed by atoms with E-state index in [4.69, 9.17) is 28.2 Å². The quantitative estimate of drug-likeness (QED) is 0.568. The summed E-state index contributed by atoms with van der Waals surface area (Å²) in [6.07, 6.45) is 0. The lowest BCUT2D eigenvalue weighted by Crippen LogP contribution is -1.88. The monoisotopic (exact) mass is 297 g/mol. The zero-order chi connectivity index (χ0) is 14.1. The maximum absolute atomic E-state index is 9.37. The molecule has 20 heavy (non-hydrogen) atoms. The lowest BCUT2D eigenvalue weighted by molar-refractivity contribution is 0.618. The predicted molar refractivity (Wildman–Crippen MR) is 82.2 cm³/mol. The molecule has 0 aliphatic heterocycles. The fourth-order valence-corrected chi connectivity index (χ4v) is 2.48. The molecule has 0 aliphatic carbocycles. The largest absolute Gasteiger partial charge is 0.455 e. The summed E-state index contributed by atoms with van der Waals surface area (Å²) in [5, 5.41) is 10.8. The Hall–Kier alpha value is -2.15. The van der Waals surface area contributed by atoms with Crippen LogP contribution in [0.15, 0.2) is 52.9 Å². The zero-order valence-electron chi connectivity index (χ0n) is 10.3. The second-order valence-electron chi connectivity index (χ2n) is 4.25. The number of hydrogen-bond donors (Lipinski definition) is 0. The van der Waals surface area contributed by atoms with Gasteiger partial charge in [-0.15, -0.1) is 0 Å². The Kier molecular flexibility index (Phi) is 3.27. The van der Waals surface area contributed by atoms with E-state index >= 15 is 0 Å². The molecule has 0 radical (unpaired) electrons. The average molecular weight is 298 g/mol. The summed E-state index contributed by atoms with van der Waals surface area (Å²) >= 11 is 11.3. The molecule has 3 aromatic rings. The molecule has 1 heterocycles. The van der Waals surface area contributed by atoms with Gasteiger partial charge >= 0.3 is 0 Å². The Morgan fingerprint density at radius 1 is 1.05 bits per heavy atom. The summed E-state index contributed by atoms with van der Waals surface area (Å²) in [7, 11) is 0. The summed E-state index contributed by atoms with van der Waals surface area (Å²) in [6, 6.07) is 16.7. The number of para-hydroxylation sites is 1. The number of fused-ring (bicyclic) bond motifs is 1. The number of nitrogens with zero attached hydrogens (tertiary/aromatic N) is 1. The van der Waals surface area contributed by atoms with Gasteiger partial charge in [0.05, 0.1) is 4.51 Å². The van der Waals surface area contributed by atoms with Crippen LogP contribution < -0.4 is 0 Å². The molecule has 0 saturated heterocycles. The summed E-state index contributed by atoms with van der Waals surface area (Å²) in [4.78, 5) is 0. The maximum atomic E-state index is 9.37. The first kappa shape index (κ1) is 12.9. The zero-order valence-corrected chi connectivity index (χ0v) is 11.8. The van der Waals surface area contributed by atoms with E-state index in [0.717, 1.165) is 10.9 Å². The van der Waals surface area contributed by atoms with Gasteiger partial charge in [0.25, 0.3) is 0 Å². The van der Waals surface area contributed by atoms with Gasteiger partial charge in [-0.25, -0.2) is 0 Å². The molecule has 0 saturated carbocycles. The van der Waals surface area contributed by atoms with Gasteiger partial charge in [0.1, 0.15) is 17.2 Å². The summed E-state index contributed by atoms with van der Waals surface area (Å²) < 4.78 is 6.37. The smallest absolute Gasteiger partial charge is 0.153 e. The summed E-state index contributed by atoms with van der Waals surface area (Å²) in [5.41, 5.74) is 1.82. The Morgan fingerprint density at radius 3 is 2.45 bits per heavy atom. The van der Waals surface area contributed by atoms with Crippen LogP contribution >= 0.6 is 23.8 Å². The van der Waals surface area contributed by atoms with Gasteiger partial charge in [0, 0.05) is 16.0 Å². The third-order valence-electron chi connectivity index (χ3n) is 3.02. The fraction of sp³-hybridized carbons (Fsp3) is 0. The fourth-order valence-electron chi connectivity index (χ4n) is 2.05. The highest BCUT2D eigenvalue weighted by atomic mass is 35.5. The highest BCUT2D eigenvalue weighted by Gasteiger charge is 2.13. The van der Waals surface area contributed by atoms with Crippen molar-refractivity contribution < 1.29 is 4.42 Å². The predicted octanol–water partition coefficient (Wildman–Crippen LogP) is 5.35. The van der Waals surface area contributed by atoms with Crippen LogP contribution in [0.5, 0.6) is 0 Å². The second kappa shape index (κ2) is 5.09. The van der Waals surface area contributed by atoms with Gasteiger partial charge in [0.2, 0.25) is 0 Å². The maximum Gasteiger partial charge on any atom is 0.153 e. The minimum atomic E-state index is 0.376. The molecule has 2 aromatic carbocycles. The molecule has 0 aliphatic rings. The van der Waals surface area contributed by atoms with Crippen molar-refractivity contribution in [3.05, 3.63) is 63.6 Å². The van der Waals surface area contributed by atoms with Gasteiger partial charge in [-0.1, -0.05) is 36.0 Å². The topological polar surface area (TPSA) is 36.9 Å². The van der Waals surface area contributed by atoms with Gasteiger partial charge in [0.15, 0.2) is 5.76 Å². The molecule has 2 nitrogen and oxygen atoms in total. The molecule has 0 unspecified atom stereocenters. The first-order valence-corrected chi connectivity index (χ1v) is 6.71. The highest BCUT2D eigenvalue weighted by molar-refractivity contribution is 7.71. The molecule has 0 fully saturated rings. The Bertz CT molecular complexity index is 891. The van der Waals surface area contributed by atoms with Crippen molar-refractivity contribution in [2.75, 3.05) is 0 Å². The Balaban J connectivity index is 2.38. The Labute approximate surface area is 125 Å². The summed E-state index contributed by atoms with van der Waals surface area (Å²) in [6.45, 7) is 0. The van der Waals surface area contributed by atoms with E-state index in [1.165, 1.54) is 0 Å². The van der Waals surface area contributed by atoms with Crippen LogP contribution in [0.4, 0.5) is 0 Å². The summed E-state index contributed by atoms with van der Waals surface area (Å²) in [5.74, 6) is 0.480. The van der Waals surface area contributed by atoms with Crippen LogP contribution in [0.1, 0.15) is 5.56 Å². The van der Waals surface area contributed by atoms with E-state index in [9.17, 15) is 5.26 Å². The standard InChI is InChI=1S/C16H8ClNOS/c17-11-7-5-10(6-8-11)15-13(9-18)16(20)12-3-1-2-4-14(12)19-15/h1-8H. The van der Waals surface area contributed by atoms with E-state index in [-0.39, 0.29) is 0 Å². The molecular weight excluding hydrogens is 290 g/mol. The minimum absolute atomic E-state index is 0.376. The number of hydrogen-bond acceptors (Lipinski definition) is 3. The van der Waals surface area contributed by atoms with Crippen LogP contribution in [-0.2, 0) is 0 Å². The average Bonchev–Trinajstić information content (AvgIpc) is 2.48. The molecule has 3 rings (SSSR count). The van der Waals surface area contributed by atoms with Crippen molar-refractivity contribution in [3.63, 3.8) is 0 Å². The second-order valence-corrected chi connectivity index (χ2v) is 5.09. The minimum Gasteiger partial charge on any atom is -0.455 e. The van der Waals surface area contributed by atoms with Gasteiger partial charge < -0.3 is 4.42 Å². The van der Waals surface area contributed by atoms with Crippen LogP contribution in [0, 0.1) is 15.8 Å². The van der Waals surface area contributed by atoms with E-state index in [1.807, 2.05) is 36.4 Å². The number of benzene rings is 2. The molecule has 0 N–H and O–H groups in total. The first-order valence-electron chi connectivity index (χ1n) is 5.92. The number of rotatable bonds is 1. The van der Waals surface area contributed by atoms with Gasteiger partial charge in [-0.05, 0) is 36.4 Å². The van der Waals surface area contributed by atoms with E-state index < -0.39 is 0 Å². The van der Waals surface area contributed by atoms with Crippen molar-refractivity contribution >= 4 is 34.8 Å². The molecule has 4 heteroatoms. The van der Waals surface area contributed by atoms with Crippen LogP contribution in [-0.4, -0.2) is 0 Å². The van der Waals surface area contributed by atoms with E-state index in [0.29, 0.717) is 26.4 Å². The third kappa shape index (κ3) is 2.09. The van der Waals surface area contributed by atoms with Gasteiger partial charge in [-0.3, -0.25) is 0 Å². The molecule has 96 valence electrons.